The van der Waals surface area contributed by atoms with Crippen molar-refractivity contribution in [3.05, 3.63) is 40.8 Å². The number of rotatable bonds is 3. The summed E-state index contributed by atoms with van der Waals surface area (Å²) in [5, 5.41) is 1.71. The van der Waals surface area contributed by atoms with Gasteiger partial charge >= 0.3 is 0 Å². The van der Waals surface area contributed by atoms with Crippen molar-refractivity contribution >= 4 is 38.9 Å². The van der Waals surface area contributed by atoms with Gasteiger partial charge in [-0.25, -0.2) is 8.42 Å². The van der Waals surface area contributed by atoms with E-state index < -0.39 is 9.84 Å². The number of carbonyl (C=O) groups excluding carboxylic acids is 2. The monoisotopic (exact) mass is 368 g/mol. The van der Waals surface area contributed by atoms with Crippen molar-refractivity contribution in [2.24, 2.45) is 5.92 Å². The van der Waals surface area contributed by atoms with Crippen LogP contribution in [0.25, 0.3) is 0 Å². The van der Waals surface area contributed by atoms with Gasteiger partial charge in [0.2, 0.25) is 11.8 Å². The highest BCUT2D eigenvalue weighted by Crippen LogP contribution is 2.23. The van der Waals surface area contributed by atoms with Gasteiger partial charge in [-0.1, -0.05) is 23.7 Å². The summed E-state index contributed by atoms with van der Waals surface area (Å²) in [5.74, 6) is -0.703. The average molecular weight is 369 g/mol. The lowest BCUT2D eigenvalue weighted by Gasteiger charge is -2.34. The number of carbonyl (C=O) groups is 2. The number of benzene rings is 1. The molecule has 0 aromatic heterocycles. The molecule has 1 aromatic rings. The molecular formula is C16H17ClN2O4S. The summed E-state index contributed by atoms with van der Waals surface area (Å²) in [6.07, 6.45) is 1.66. The van der Waals surface area contributed by atoms with Crippen LogP contribution in [0.15, 0.2) is 35.7 Å². The molecular weight excluding hydrogens is 352 g/mol. The van der Waals surface area contributed by atoms with Crippen molar-refractivity contribution in [1.29, 1.82) is 0 Å². The maximum Gasteiger partial charge on any atom is 0.246 e. The second-order valence-electron chi connectivity index (χ2n) is 5.96. The Morgan fingerprint density at radius 2 is 2.08 bits per heavy atom. The molecule has 0 radical (unpaired) electrons. The molecule has 2 aliphatic heterocycles. The summed E-state index contributed by atoms with van der Waals surface area (Å²) in [6, 6.07) is 7.02. The summed E-state index contributed by atoms with van der Waals surface area (Å²) < 4.78 is 22.8. The van der Waals surface area contributed by atoms with Crippen LogP contribution in [0, 0.1) is 5.92 Å². The Morgan fingerprint density at radius 1 is 1.29 bits per heavy atom. The van der Waals surface area contributed by atoms with Gasteiger partial charge in [-0.2, -0.15) is 0 Å². The number of allylic oxidation sites excluding steroid dienone is 1. The fourth-order valence-corrected chi connectivity index (χ4v) is 4.51. The minimum atomic E-state index is -3.17. The molecule has 1 atom stereocenters. The van der Waals surface area contributed by atoms with Crippen molar-refractivity contribution in [2.45, 2.75) is 6.42 Å². The standard InChI is InChI=1S/C16H17ClN2O4S/c17-13-2-1-3-14(9-13)19-6-5-18(10-16(19)21)15(20)8-12-4-7-24(22,23)11-12/h1-4,7,9,12H,5-6,8,10-11H2. The first-order valence-corrected chi connectivity index (χ1v) is 9.68. The molecule has 128 valence electrons. The molecule has 0 aliphatic carbocycles. The fraction of sp³-hybridized carbons (Fsp3) is 0.375. The molecule has 0 spiro atoms. The molecule has 0 bridgehead atoms. The summed E-state index contributed by atoms with van der Waals surface area (Å²) in [6.45, 7) is 0.804. The zero-order chi connectivity index (χ0) is 17.3. The van der Waals surface area contributed by atoms with Crippen LogP contribution >= 0.6 is 11.6 Å². The summed E-state index contributed by atoms with van der Waals surface area (Å²) in [7, 11) is -3.17. The summed E-state index contributed by atoms with van der Waals surface area (Å²) >= 11 is 5.95. The van der Waals surface area contributed by atoms with E-state index in [1.165, 1.54) is 4.90 Å². The number of halogens is 1. The maximum atomic E-state index is 12.3. The van der Waals surface area contributed by atoms with E-state index in [9.17, 15) is 18.0 Å². The number of sulfone groups is 1. The van der Waals surface area contributed by atoms with E-state index in [1.807, 2.05) is 0 Å². The minimum Gasteiger partial charge on any atom is -0.332 e. The van der Waals surface area contributed by atoms with E-state index in [2.05, 4.69) is 0 Å². The highest BCUT2D eigenvalue weighted by Gasteiger charge is 2.31. The van der Waals surface area contributed by atoms with E-state index in [1.54, 1.807) is 35.2 Å². The predicted octanol–water partition coefficient (Wildman–Crippen LogP) is 1.46. The molecule has 2 amide bonds. The van der Waals surface area contributed by atoms with Crippen molar-refractivity contribution in [3.8, 4) is 0 Å². The molecule has 1 fully saturated rings. The first-order valence-electron chi connectivity index (χ1n) is 7.59. The van der Waals surface area contributed by atoms with E-state index in [0.29, 0.717) is 23.8 Å². The van der Waals surface area contributed by atoms with E-state index in [0.717, 1.165) is 5.41 Å². The van der Waals surface area contributed by atoms with Gasteiger partial charge in [0.1, 0.15) is 6.54 Å². The van der Waals surface area contributed by atoms with Crippen LogP contribution in [0.4, 0.5) is 5.69 Å². The largest absolute Gasteiger partial charge is 0.332 e. The van der Waals surface area contributed by atoms with E-state index in [4.69, 9.17) is 11.6 Å². The highest BCUT2D eigenvalue weighted by atomic mass is 35.5. The van der Waals surface area contributed by atoms with Crippen LogP contribution in [0.3, 0.4) is 0 Å². The number of amides is 2. The molecule has 8 heteroatoms. The Balaban J connectivity index is 1.60. The van der Waals surface area contributed by atoms with Crippen LogP contribution in [0.1, 0.15) is 6.42 Å². The van der Waals surface area contributed by atoms with Crippen LogP contribution in [0.5, 0.6) is 0 Å². The minimum absolute atomic E-state index is 0.00543. The Hall–Kier alpha value is -1.86. The van der Waals surface area contributed by atoms with Crippen LogP contribution in [-0.2, 0) is 19.4 Å². The van der Waals surface area contributed by atoms with Gasteiger partial charge in [0.15, 0.2) is 9.84 Å². The zero-order valence-electron chi connectivity index (χ0n) is 12.9. The second kappa shape index (κ2) is 6.57. The molecule has 2 heterocycles. The molecule has 24 heavy (non-hydrogen) atoms. The second-order valence-corrected chi connectivity index (χ2v) is 8.33. The fourth-order valence-electron chi connectivity index (χ4n) is 2.92. The third-order valence-corrected chi connectivity index (χ3v) is 5.83. The van der Waals surface area contributed by atoms with Crippen LogP contribution in [0.2, 0.25) is 5.02 Å². The molecule has 0 saturated carbocycles. The zero-order valence-corrected chi connectivity index (χ0v) is 14.5. The van der Waals surface area contributed by atoms with Gasteiger partial charge < -0.3 is 9.80 Å². The van der Waals surface area contributed by atoms with Crippen molar-refractivity contribution in [1.82, 2.24) is 4.90 Å². The topological polar surface area (TPSA) is 74.8 Å². The van der Waals surface area contributed by atoms with Gasteiger partial charge in [0.05, 0.1) is 5.75 Å². The lowest BCUT2D eigenvalue weighted by molar-refractivity contribution is -0.137. The quantitative estimate of drug-likeness (QED) is 0.809. The molecule has 2 aliphatic rings. The number of anilines is 1. The maximum absolute atomic E-state index is 12.3. The number of hydrogen-bond donors (Lipinski definition) is 0. The molecule has 1 aromatic carbocycles. The van der Waals surface area contributed by atoms with Gasteiger partial charge in [0.25, 0.3) is 0 Å². The lowest BCUT2D eigenvalue weighted by Crippen LogP contribution is -2.52. The third kappa shape index (κ3) is 3.79. The summed E-state index contributed by atoms with van der Waals surface area (Å²) in [4.78, 5) is 27.7. The number of nitrogens with zero attached hydrogens (tertiary/aromatic N) is 2. The third-order valence-electron chi connectivity index (χ3n) is 4.13. The average Bonchev–Trinajstić information content (AvgIpc) is 2.86. The van der Waals surface area contributed by atoms with Crippen LogP contribution < -0.4 is 4.90 Å². The molecule has 1 unspecified atom stereocenters. The summed E-state index contributed by atoms with van der Waals surface area (Å²) in [5.41, 5.74) is 0.712. The molecule has 6 nitrogen and oxygen atoms in total. The predicted molar refractivity (Wildman–Crippen MR) is 91.4 cm³/mol. The highest BCUT2D eigenvalue weighted by molar-refractivity contribution is 7.94. The van der Waals surface area contributed by atoms with Crippen molar-refractivity contribution < 1.29 is 18.0 Å². The first-order chi connectivity index (χ1) is 11.3. The van der Waals surface area contributed by atoms with Crippen molar-refractivity contribution in [2.75, 3.05) is 30.3 Å². The van der Waals surface area contributed by atoms with Gasteiger partial charge in [-0.05, 0) is 18.2 Å². The Morgan fingerprint density at radius 3 is 2.71 bits per heavy atom. The Bertz CT molecular complexity index is 806. The Labute approximate surface area is 145 Å². The van der Waals surface area contributed by atoms with Crippen molar-refractivity contribution in [3.63, 3.8) is 0 Å². The molecule has 0 N–H and O–H groups in total. The lowest BCUT2D eigenvalue weighted by atomic mass is 10.1. The van der Waals surface area contributed by atoms with Gasteiger partial charge in [-0.3, -0.25) is 9.59 Å². The SMILES string of the molecule is O=C(CC1C=CS(=O)(=O)C1)N1CCN(c2cccc(Cl)c2)C(=O)C1. The van der Waals surface area contributed by atoms with E-state index >= 15 is 0 Å². The normalized spacial score (nSPS) is 22.9. The number of hydrogen-bond acceptors (Lipinski definition) is 4. The first kappa shape index (κ1) is 17.0. The van der Waals surface area contributed by atoms with Crippen LogP contribution in [-0.4, -0.2) is 50.5 Å². The van der Waals surface area contributed by atoms with E-state index in [-0.39, 0.29) is 36.5 Å². The Kier molecular flexibility index (Phi) is 4.64. The van der Waals surface area contributed by atoms with Gasteiger partial charge in [0, 0.05) is 41.5 Å². The smallest absolute Gasteiger partial charge is 0.246 e. The molecule has 3 rings (SSSR count). The molecule has 1 saturated heterocycles. The number of piperazine rings is 1. The van der Waals surface area contributed by atoms with Gasteiger partial charge in [-0.15, -0.1) is 0 Å².